The van der Waals surface area contributed by atoms with Gasteiger partial charge in [-0.05, 0) is 31.4 Å². The van der Waals surface area contributed by atoms with Gasteiger partial charge in [0.1, 0.15) is 5.82 Å². The first kappa shape index (κ1) is 19.5. The second-order valence-electron chi connectivity index (χ2n) is 7.87. The molecule has 0 aromatic carbocycles. The maximum absolute atomic E-state index is 12.1. The van der Waals surface area contributed by atoms with Crippen LogP contribution in [0.2, 0.25) is 0 Å². The Morgan fingerprint density at radius 2 is 2.00 bits per heavy atom. The van der Waals surface area contributed by atoms with E-state index in [0.29, 0.717) is 19.5 Å². The monoisotopic (exact) mass is 402 g/mol. The first-order valence-corrected chi connectivity index (χ1v) is 11.8. The van der Waals surface area contributed by atoms with E-state index in [0.717, 1.165) is 47.4 Å². The smallest absolute Gasteiger partial charge is 0.220 e. The number of thioether (sulfide) groups is 1. The molecule has 1 amide bonds. The molecule has 2 aliphatic rings. The zero-order valence-electron chi connectivity index (χ0n) is 16.7. The number of hydrogen-bond donors (Lipinski definition) is 1. The highest BCUT2D eigenvalue weighted by Gasteiger charge is 2.20. The summed E-state index contributed by atoms with van der Waals surface area (Å²) >= 11 is 1.56. The van der Waals surface area contributed by atoms with Gasteiger partial charge in [0, 0.05) is 26.1 Å². The topological polar surface area (TPSA) is 75.9 Å². The van der Waals surface area contributed by atoms with Crippen molar-refractivity contribution in [2.24, 2.45) is 5.92 Å². The molecule has 2 aromatic heterocycles. The number of nitrogens with zero attached hydrogens (tertiary/aromatic N) is 5. The molecule has 4 rings (SSSR count). The highest BCUT2D eigenvalue weighted by molar-refractivity contribution is 7.98. The Bertz CT molecular complexity index is 810. The predicted molar refractivity (Wildman–Crippen MR) is 113 cm³/mol. The summed E-state index contributed by atoms with van der Waals surface area (Å²) in [6, 6.07) is 0. The molecule has 3 heterocycles. The normalized spacial score (nSPS) is 17.7. The molecule has 0 radical (unpaired) electrons. The van der Waals surface area contributed by atoms with Crippen LogP contribution in [-0.4, -0.2) is 51.5 Å². The number of carbonyl (C=O) groups is 1. The van der Waals surface area contributed by atoms with Crippen molar-refractivity contribution in [2.75, 3.05) is 30.8 Å². The highest BCUT2D eigenvalue weighted by atomic mass is 32.2. The molecule has 2 fully saturated rings. The molecule has 1 saturated carbocycles. The minimum Gasteiger partial charge on any atom is -0.356 e. The van der Waals surface area contributed by atoms with Crippen molar-refractivity contribution in [1.82, 2.24) is 25.1 Å². The van der Waals surface area contributed by atoms with Crippen LogP contribution in [-0.2, 0) is 11.3 Å². The Hall–Kier alpha value is -1.83. The van der Waals surface area contributed by atoms with Gasteiger partial charge in [-0.15, -0.1) is 0 Å². The van der Waals surface area contributed by atoms with E-state index in [4.69, 9.17) is 4.98 Å². The van der Waals surface area contributed by atoms with Crippen LogP contribution in [0.1, 0.15) is 51.4 Å². The van der Waals surface area contributed by atoms with Crippen LogP contribution in [0, 0.1) is 5.92 Å². The van der Waals surface area contributed by atoms with Crippen LogP contribution >= 0.6 is 11.8 Å². The molecule has 7 nitrogen and oxygen atoms in total. The zero-order valence-corrected chi connectivity index (χ0v) is 17.5. The first-order valence-electron chi connectivity index (χ1n) is 10.5. The largest absolute Gasteiger partial charge is 0.356 e. The van der Waals surface area contributed by atoms with Crippen molar-refractivity contribution in [3.05, 3.63) is 6.20 Å². The molecular formula is C20H30N6OS. The van der Waals surface area contributed by atoms with E-state index in [1.807, 2.05) is 17.1 Å². The van der Waals surface area contributed by atoms with Gasteiger partial charge in [-0.2, -0.15) is 5.10 Å². The fourth-order valence-electron chi connectivity index (χ4n) is 4.37. The van der Waals surface area contributed by atoms with Gasteiger partial charge in [0.15, 0.2) is 10.8 Å². The lowest BCUT2D eigenvalue weighted by atomic mass is 10.0. The van der Waals surface area contributed by atoms with Gasteiger partial charge in [0.2, 0.25) is 5.91 Å². The number of anilines is 1. The molecule has 2 aromatic rings. The third-order valence-corrected chi connectivity index (χ3v) is 6.49. The molecule has 1 saturated heterocycles. The van der Waals surface area contributed by atoms with Crippen LogP contribution in [0.3, 0.4) is 0 Å². The molecule has 0 bridgehead atoms. The van der Waals surface area contributed by atoms with Crippen molar-refractivity contribution in [1.29, 1.82) is 0 Å². The minimum atomic E-state index is 0.153. The minimum absolute atomic E-state index is 0.153. The number of aromatic nitrogens is 4. The van der Waals surface area contributed by atoms with Gasteiger partial charge < -0.3 is 10.2 Å². The van der Waals surface area contributed by atoms with Crippen molar-refractivity contribution >= 4 is 34.5 Å². The van der Waals surface area contributed by atoms with E-state index in [-0.39, 0.29) is 5.91 Å². The fraction of sp³-hybridized carbons (Fsp3) is 0.700. The first-order chi connectivity index (χ1) is 13.7. The van der Waals surface area contributed by atoms with E-state index in [2.05, 4.69) is 20.3 Å². The lowest BCUT2D eigenvalue weighted by Gasteiger charge is -2.17. The van der Waals surface area contributed by atoms with E-state index < -0.39 is 0 Å². The lowest BCUT2D eigenvalue weighted by Crippen LogP contribution is -2.27. The summed E-state index contributed by atoms with van der Waals surface area (Å²) < 4.78 is 1.90. The Kier molecular flexibility index (Phi) is 6.34. The average molecular weight is 403 g/mol. The summed E-state index contributed by atoms with van der Waals surface area (Å²) in [7, 11) is 0. The van der Waals surface area contributed by atoms with Gasteiger partial charge in [-0.25, -0.2) is 14.6 Å². The summed E-state index contributed by atoms with van der Waals surface area (Å²) in [5.74, 6) is 1.91. The summed E-state index contributed by atoms with van der Waals surface area (Å²) in [5.41, 5.74) is 0.862. The third-order valence-electron chi connectivity index (χ3n) is 5.94. The average Bonchev–Trinajstić information content (AvgIpc) is 3.47. The zero-order chi connectivity index (χ0) is 19.3. The predicted octanol–water partition coefficient (Wildman–Crippen LogP) is 3.24. The number of hydrogen-bond acceptors (Lipinski definition) is 6. The number of nitrogens with one attached hydrogen (secondary N) is 1. The van der Waals surface area contributed by atoms with Gasteiger partial charge in [0.25, 0.3) is 0 Å². The summed E-state index contributed by atoms with van der Waals surface area (Å²) in [6.45, 7) is 3.30. The molecule has 8 heteroatoms. The van der Waals surface area contributed by atoms with Gasteiger partial charge in [-0.3, -0.25) is 4.79 Å². The molecule has 28 heavy (non-hydrogen) atoms. The Labute approximate surface area is 170 Å². The van der Waals surface area contributed by atoms with Crippen molar-refractivity contribution in [3.8, 4) is 0 Å². The standard InChI is InChI=1S/C20H30N6OS/c1-28-20-23-18(25-11-4-5-12-25)16-14-22-26(19(16)24-20)13-10-21-17(27)9-8-15-6-2-3-7-15/h14-15H,2-13H2,1H3,(H,21,27). The molecule has 0 atom stereocenters. The van der Waals surface area contributed by atoms with Crippen molar-refractivity contribution in [2.45, 2.75) is 63.1 Å². The molecule has 1 N–H and O–H groups in total. The van der Waals surface area contributed by atoms with Gasteiger partial charge >= 0.3 is 0 Å². The molecule has 1 aliphatic carbocycles. The second-order valence-corrected chi connectivity index (χ2v) is 8.65. The van der Waals surface area contributed by atoms with E-state index in [9.17, 15) is 4.79 Å². The number of carbonyl (C=O) groups excluding carboxylic acids is 1. The molecular weight excluding hydrogens is 372 g/mol. The van der Waals surface area contributed by atoms with Gasteiger partial charge in [-0.1, -0.05) is 37.4 Å². The van der Waals surface area contributed by atoms with Crippen molar-refractivity contribution in [3.63, 3.8) is 0 Å². The highest BCUT2D eigenvalue weighted by Crippen LogP contribution is 2.29. The van der Waals surface area contributed by atoms with Crippen molar-refractivity contribution < 1.29 is 4.79 Å². The molecule has 152 valence electrons. The second kappa shape index (κ2) is 9.11. The molecule has 1 aliphatic heterocycles. The van der Waals surface area contributed by atoms with Crippen LogP contribution in [0.15, 0.2) is 11.4 Å². The van der Waals surface area contributed by atoms with E-state index in [1.54, 1.807) is 11.8 Å². The number of amides is 1. The summed E-state index contributed by atoms with van der Waals surface area (Å²) in [4.78, 5) is 23.9. The van der Waals surface area contributed by atoms with Crippen LogP contribution < -0.4 is 10.2 Å². The Balaban J connectivity index is 1.38. The molecule has 0 spiro atoms. The Morgan fingerprint density at radius 1 is 1.21 bits per heavy atom. The van der Waals surface area contributed by atoms with E-state index >= 15 is 0 Å². The van der Waals surface area contributed by atoms with Crippen LogP contribution in [0.5, 0.6) is 0 Å². The quantitative estimate of drug-likeness (QED) is 0.540. The maximum atomic E-state index is 12.1. The lowest BCUT2D eigenvalue weighted by molar-refractivity contribution is -0.121. The number of fused-ring (bicyclic) bond motifs is 1. The third kappa shape index (κ3) is 4.42. The fourth-order valence-corrected chi connectivity index (χ4v) is 4.73. The summed E-state index contributed by atoms with van der Waals surface area (Å²) in [5, 5.41) is 9.37. The maximum Gasteiger partial charge on any atom is 0.220 e. The summed E-state index contributed by atoms with van der Waals surface area (Å²) in [6.07, 6.45) is 13.2. The van der Waals surface area contributed by atoms with E-state index in [1.165, 1.54) is 38.5 Å². The molecule has 0 unspecified atom stereocenters. The van der Waals surface area contributed by atoms with Crippen LogP contribution in [0.25, 0.3) is 11.0 Å². The Morgan fingerprint density at radius 3 is 2.75 bits per heavy atom. The van der Waals surface area contributed by atoms with Gasteiger partial charge in [0.05, 0.1) is 18.1 Å². The van der Waals surface area contributed by atoms with Crippen LogP contribution in [0.4, 0.5) is 5.82 Å². The number of rotatable bonds is 8. The SMILES string of the molecule is CSc1nc(N2CCCC2)c2cnn(CCNC(=O)CCC3CCCC3)c2n1.